The van der Waals surface area contributed by atoms with Crippen LogP contribution in [-0.2, 0) is 23.7 Å². The molecule has 37 heavy (non-hydrogen) atoms. The molecule has 1 N–H and O–H groups in total. The number of hydrogen-bond acceptors (Lipinski definition) is 8. The van der Waals surface area contributed by atoms with Gasteiger partial charge in [0.15, 0.2) is 18.0 Å². The number of benzene rings is 1. The van der Waals surface area contributed by atoms with Crippen molar-refractivity contribution >= 4 is 11.8 Å². The number of unbranched alkanes of at least 4 members (excludes halogenated alkanes) is 4. The van der Waals surface area contributed by atoms with Crippen molar-refractivity contribution in [2.24, 2.45) is 0 Å². The number of fused-ring (bicyclic) bond motifs is 1. The van der Waals surface area contributed by atoms with E-state index in [1.54, 1.807) is 31.4 Å². The van der Waals surface area contributed by atoms with Gasteiger partial charge in [0.25, 0.3) is 0 Å². The Labute approximate surface area is 221 Å². The number of hydrogen-bond donors (Lipinski definition) is 1. The second kappa shape index (κ2) is 12.8. The van der Waals surface area contributed by atoms with E-state index in [1.165, 1.54) is 19.3 Å². The third-order valence-electron chi connectivity index (χ3n) is 7.19. The highest BCUT2D eigenvalue weighted by atomic mass is 16.9. The van der Waals surface area contributed by atoms with Crippen LogP contribution in [0.2, 0.25) is 0 Å². The van der Waals surface area contributed by atoms with Gasteiger partial charge in [-0.2, -0.15) is 0 Å². The van der Waals surface area contributed by atoms with E-state index in [2.05, 4.69) is 17.1 Å². The largest absolute Gasteiger partial charge is 0.497 e. The summed E-state index contributed by atoms with van der Waals surface area (Å²) in [5.41, 5.74) is 0.613. The topological polar surface area (TPSA) is 87.7 Å². The number of rotatable bonds is 13. The predicted molar refractivity (Wildman–Crippen MR) is 140 cm³/mol. The van der Waals surface area contributed by atoms with Gasteiger partial charge in [0, 0.05) is 18.8 Å². The highest BCUT2D eigenvalue weighted by Crippen LogP contribution is 2.47. The Morgan fingerprint density at radius 1 is 1.08 bits per heavy atom. The molecule has 3 aliphatic rings. The molecule has 0 saturated carbocycles. The van der Waals surface area contributed by atoms with Crippen molar-refractivity contribution in [1.82, 2.24) is 4.90 Å². The maximum Gasteiger partial charge on any atom is 0.412 e. The fourth-order valence-corrected chi connectivity index (χ4v) is 5.43. The average Bonchev–Trinajstić information content (AvgIpc) is 3.53. The van der Waals surface area contributed by atoms with Crippen LogP contribution in [0.4, 0.5) is 10.5 Å². The fourth-order valence-electron chi connectivity index (χ4n) is 5.43. The number of methoxy groups -OCH3 is 1. The molecule has 1 aromatic rings. The summed E-state index contributed by atoms with van der Waals surface area (Å²) in [6, 6.07) is 7.10. The summed E-state index contributed by atoms with van der Waals surface area (Å²) in [7, 11) is 1.60. The lowest BCUT2D eigenvalue weighted by molar-refractivity contribution is -0.278. The van der Waals surface area contributed by atoms with Crippen LogP contribution >= 0.6 is 0 Å². The minimum Gasteiger partial charge on any atom is -0.497 e. The third-order valence-corrected chi connectivity index (χ3v) is 7.19. The van der Waals surface area contributed by atoms with Crippen LogP contribution in [0.3, 0.4) is 0 Å². The number of anilines is 1. The van der Waals surface area contributed by atoms with Gasteiger partial charge in [0.2, 0.25) is 5.79 Å². The zero-order valence-corrected chi connectivity index (χ0v) is 22.8. The first-order valence-corrected chi connectivity index (χ1v) is 13.8. The monoisotopic (exact) mass is 520 g/mol. The van der Waals surface area contributed by atoms with Gasteiger partial charge < -0.3 is 33.3 Å². The van der Waals surface area contributed by atoms with Gasteiger partial charge in [-0.25, -0.2) is 4.79 Å². The van der Waals surface area contributed by atoms with Crippen LogP contribution in [0, 0.1) is 0 Å². The van der Waals surface area contributed by atoms with Crippen LogP contribution in [0.5, 0.6) is 5.75 Å². The summed E-state index contributed by atoms with van der Waals surface area (Å²) < 4.78 is 36.5. The summed E-state index contributed by atoms with van der Waals surface area (Å²) >= 11 is 0. The van der Waals surface area contributed by atoms with Crippen molar-refractivity contribution in [1.29, 1.82) is 0 Å². The summed E-state index contributed by atoms with van der Waals surface area (Å²) in [6.45, 7) is 9.42. The van der Waals surface area contributed by atoms with Gasteiger partial charge >= 0.3 is 6.09 Å². The summed E-state index contributed by atoms with van der Waals surface area (Å²) in [4.78, 5) is 15.3. The molecule has 3 fully saturated rings. The van der Waals surface area contributed by atoms with Crippen molar-refractivity contribution < 1.29 is 33.2 Å². The van der Waals surface area contributed by atoms with Gasteiger partial charge in [-0.1, -0.05) is 32.6 Å². The third kappa shape index (κ3) is 7.35. The Morgan fingerprint density at radius 2 is 1.81 bits per heavy atom. The number of amides is 1. The van der Waals surface area contributed by atoms with E-state index < -0.39 is 36.0 Å². The second-order valence-corrected chi connectivity index (χ2v) is 10.7. The van der Waals surface area contributed by atoms with Crippen molar-refractivity contribution in [2.75, 3.05) is 45.3 Å². The minimum atomic E-state index is -1.12. The van der Waals surface area contributed by atoms with Crippen LogP contribution in [-0.4, -0.2) is 80.8 Å². The van der Waals surface area contributed by atoms with Gasteiger partial charge in [-0.15, -0.1) is 0 Å². The van der Waals surface area contributed by atoms with Crippen molar-refractivity contribution in [3.63, 3.8) is 0 Å². The Kier molecular flexibility index (Phi) is 9.69. The number of carbonyl (C=O) groups excluding carboxylic acids is 1. The molecule has 4 rings (SSSR count). The molecule has 3 aliphatic heterocycles. The molecule has 0 aliphatic carbocycles. The molecule has 9 nitrogen and oxygen atoms in total. The van der Waals surface area contributed by atoms with Crippen LogP contribution in [0.25, 0.3) is 0 Å². The van der Waals surface area contributed by atoms with E-state index in [0.29, 0.717) is 24.6 Å². The van der Waals surface area contributed by atoms with Crippen LogP contribution in [0.1, 0.15) is 65.7 Å². The molecule has 1 amide bonds. The van der Waals surface area contributed by atoms with Crippen LogP contribution < -0.4 is 10.1 Å². The summed E-state index contributed by atoms with van der Waals surface area (Å²) in [6.07, 6.45) is 5.92. The number of nitrogens with one attached hydrogen (secondary N) is 1. The van der Waals surface area contributed by atoms with Gasteiger partial charge in [-0.3, -0.25) is 5.32 Å². The van der Waals surface area contributed by atoms with Crippen molar-refractivity contribution in [3.8, 4) is 5.75 Å². The van der Waals surface area contributed by atoms with Crippen molar-refractivity contribution in [2.45, 2.75) is 95.6 Å². The molecule has 0 bridgehead atoms. The van der Waals surface area contributed by atoms with Crippen LogP contribution in [0.15, 0.2) is 24.3 Å². The quantitative estimate of drug-likeness (QED) is 0.366. The van der Waals surface area contributed by atoms with E-state index in [1.807, 2.05) is 13.8 Å². The number of likely N-dealkylation sites (tertiary alicyclic amines) is 1. The molecule has 0 radical (unpaired) electrons. The minimum absolute atomic E-state index is 0.228. The zero-order valence-electron chi connectivity index (χ0n) is 22.8. The van der Waals surface area contributed by atoms with E-state index in [4.69, 9.17) is 28.4 Å². The lowest BCUT2D eigenvalue weighted by Gasteiger charge is -2.30. The first-order chi connectivity index (χ1) is 17.8. The molecule has 208 valence electrons. The lowest BCUT2D eigenvalue weighted by atomic mass is 10.0. The van der Waals surface area contributed by atoms with Gasteiger partial charge in [0.1, 0.15) is 18.5 Å². The SMILES string of the molecule is CCCCCCCOCC12OC(CN3CCCC3)C(OC(=O)Nc3ccc(OC)cc3)C1OC(C)(C)O2. The van der Waals surface area contributed by atoms with E-state index in [9.17, 15) is 4.79 Å². The van der Waals surface area contributed by atoms with Gasteiger partial charge in [-0.05, 0) is 70.5 Å². The molecule has 4 unspecified atom stereocenters. The molecule has 4 atom stereocenters. The maximum absolute atomic E-state index is 13.0. The van der Waals surface area contributed by atoms with E-state index in [-0.39, 0.29) is 6.61 Å². The Hall–Kier alpha value is -1.91. The standard InChI is InChI=1S/C28H44N2O7/c1-5-6-7-8-11-18-33-20-28-25(36-27(2,3)37-28)24(23(35-28)19-30-16-9-10-17-30)34-26(31)29-21-12-14-22(32-4)15-13-21/h12-15,23-25H,5-11,16-20H2,1-4H3,(H,29,31). The molecule has 0 spiro atoms. The predicted octanol–water partition coefficient (Wildman–Crippen LogP) is 4.94. The molecular weight excluding hydrogens is 476 g/mol. The molecule has 3 heterocycles. The first kappa shape index (κ1) is 28.1. The maximum atomic E-state index is 13.0. The average molecular weight is 521 g/mol. The number of nitrogens with zero attached hydrogens (tertiary/aromatic N) is 1. The van der Waals surface area contributed by atoms with E-state index >= 15 is 0 Å². The summed E-state index contributed by atoms with van der Waals surface area (Å²) in [5.74, 6) is -1.30. The Bertz CT molecular complexity index is 859. The zero-order chi connectivity index (χ0) is 26.3. The number of ether oxygens (including phenoxy) is 6. The summed E-state index contributed by atoms with van der Waals surface area (Å²) in [5, 5.41) is 2.81. The lowest BCUT2D eigenvalue weighted by Crippen LogP contribution is -2.46. The molecule has 1 aromatic carbocycles. The molecule has 0 aromatic heterocycles. The number of carbonyl (C=O) groups is 1. The smallest absolute Gasteiger partial charge is 0.412 e. The Morgan fingerprint density at radius 3 is 2.51 bits per heavy atom. The molecule has 9 heteroatoms. The first-order valence-electron chi connectivity index (χ1n) is 13.8. The molecule has 3 saturated heterocycles. The van der Waals surface area contributed by atoms with Crippen molar-refractivity contribution in [3.05, 3.63) is 24.3 Å². The second-order valence-electron chi connectivity index (χ2n) is 10.7. The van der Waals surface area contributed by atoms with E-state index in [0.717, 1.165) is 38.8 Å². The normalized spacial score (nSPS) is 28.8. The fraction of sp³-hybridized carbons (Fsp3) is 0.750. The van der Waals surface area contributed by atoms with Gasteiger partial charge in [0.05, 0.1) is 7.11 Å². The Balaban J connectivity index is 1.44. The highest BCUT2D eigenvalue weighted by molar-refractivity contribution is 5.84. The highest BCUT2D eigenvalue weighted by Gasteiger charge is 2.66. The molecular formula is C28H44N2O7.